The molecule has 2 aromatic heterocycles. The van der Waals surface area contributed by atoms with Gasteiger partial charge in [0, 0.05) is 16.3 Å². The van der Waals surface area contributed by atoms with Gasteiger partial charge in [0.2, 0.25) is 0 Å². The van der Waals surface area contributed by atoms with Gasteiger partial charge in [-0.05, 0) is 48.9 Å². The summed E-state index contributed by atoms with van der Waals surface area (Å²) in [5.74, 6) is 0.0493. The number of nitrogens with one attached hydrogen (secondary N) is 1. The minimum Gasteiger partial charge on any atom is -0.493 e. The number of rotatable bonds is 5. The Bertz CT molecular complexity index is 1400. The van der Waals surface area contributed by atoms with E-state index >= 15 is 0 Å². The van der Waals surface area contributed by atoms with Crippen molar-refractivity contribution < 1.29 is 27.4 Å². The average Bonchev–Trinajstić information content (AvgIpc) is 3.24. The third kappa shape index (κ3) is 4.24. The number of hydrogen-bond donors (Lipinski definition) is 1. The van der Waals surface area contributed by atoms with E-state index in [0.29, 0.717) is 37.9 Å². The molecule has 0 aliphatic heterocycles. The SMILES string of the molecule is COc1ccc(-c2cc(C(F)(F)F)n3ncc(C(=O)Nc4cccc(Cl)c4C)c3n2)cc1OC. The van der Waals surface area contributed by atoms with E-state index in [9.17, 15) is 18.0 Å². The van der Waals surface area contributed by atoms with Gasteiger partial charge in [-0.25, -0.2) is 9.50 Å². The standard InChI is InChI=1S/C23H18ClF3N4O3/c1-12-15(24)5-4-6-16(12)30-22(32)14-11-28-31-20(23(25,26)27)10-17(29-21(14)31)13-7-8-18(33-2)19(9-13)34-3/h4-11H,1-3H3,(H,30,32). The molecule has 0 saturated carbocycles. The van der Waals surface area contributed by atoms with Gasteiger partial charge in [0.25, 0.3) is 5.91 Å². The van der Waals surface area contributed by atoms with Gasteiger partial charge in [0.1, 0.15) is 5.56 Å². The van der Waals surface area contributed by atoms with E-state index in [4.69, 9.17) is 21.1 Å². The highest BCUT2D eigenvalue weighted by Crippen LogP contribution is 2.36. The van der Waals surface area contributed by atoms with Crippen LogP contribution >= 0.6 is 11.6 Å². The molecule has 0 bridgehead atoms. The molecule has 7 nitrogen and oxygen atoms in total. The van der Waals surface area contributed by atoms with Gasteiger partial charge in [-0.2, -0.15) is 18.3 Å². The van der Waals surface area contributed by atoms with E-state index in [1.165, 1.54) is 20.3 Å². The van der Waals surface area contributed by atoms with Crippen molar-refractivity contribution in [3.05, 3.63) is 70.5 Å². The molecule has 4 aromatic rings. The molecule has 1 N–H and O–H groups in total. The van der Waals surface area contributed by atoms with Gasteiger partial charge in [-0.3, -0.25) is 4.79 Å². The van der Waals surface area contributed by atoms with Crippen molar-refractivity contribution >= 4 is 28.8 Å². The zero-order chi connectivity index (χ0) is 24.6. The smallest absolute Gasteiger partial charge is 0.433 e. The summed E-state index contributed by atoms with van der Waals surface area (Å²) in [6.45, 7) is 1.71. The Labute approximate surface area is 197 Å². The van der Waals surface area contributed by atoms with E-state index in [1.807, 2.05) is 0 Å². The monoisotopic (exact) mass is 490 g/mol. The van der Waals surface area contributed by atoms with Gasteiger partial charge in [-0.15, -0.1) is 0 Å². The van der Waals surface area contributed by atoms with Gasteiger partial charge in [0.15, 0.2) is 22.8 Å². The Hall–Kier alpha value is -3.79. The van der Waals surface area contributed by atoms with Crippen molar-refractivity contribution in [1.82, 2.24) is 14.6 Å². The second kappa shape index (κ2) is 8.86. The number of carbonyl (C=O) groups excluding carboxylic acids is 1. The molecule has 0 unspecified atom stereocenters. The van der Waals surface area contributed by atoms with E-state index in [0.717, 1.165) is 12.3 Å². The summed E-state index contributed by atoms with van der Waals surface area (Å²) in [6.07, 6.45) is -3.71. The van der Waals surface area contributed by atoms with Crippen LogP contribution in [-0.4, -0.2) is 34.7 Å². The summed E-state index contributed by atoms with van der Waals surface area (Å²) in [4.78, 5) is 17.3. The minimum absolute atomic E-state index is 0.0192. The van der Waals surface area contributed by atoms with Crippen LogP contribution in [0.3, 0.4) is 0 Å². The molecule has 1 amide bonds. The molecule has 34 heavy (non-hydrogen) atoms. The first-order valence-electron chi connectivity index (χ1n) is 9.89. The topological polar surface area (TPSA) is 77.8 Å². The van der Waals surface area contributed by atoms with Crippen LogP contribution in [0.25, 0.3) is 16.9 Å². The van der Waals surface area contributed by atoms with Gasteiger partial charge < -0.3 is 14.8 Å². The fourth-order valence-electron chi connectivity index (χ4n) is 3.40. The van der Waals surface area contributed by atoms with E-state index in [1.54, 1.807) is 37.3 Å². The number of amides is 1. The molecule has 11 heteroatoms. The predicted molar refractivity (Wildman–Crippen MR) is 121 cm³/mol. The van der Waals surface area contributed by atoms with E-state index < -0.39 is 17.8 Å². The molecule has 0 aliphatic rings. The van der Waals surface area contributed by atoms with Crippen molar-refractivity contribution in [2.75, 3.05) is 19.5 Å². The number of methoxy groups -OCH3 is 2. The first-order valence-corrected chi connectivity index (χ1v) is 10.3. The highest BCUT2D eigenvalue weighted by molar-refractivity contribution is 6.31. The number of alkyl halides is 3. The molecule has 0 aliphatic carbocycles. The summed E-state index contributed by atoms with van der Waals surface area (Å²) in [7, 11) is 2.86. The highest BCUT2D eigenvalue weighted by Gasteiger charge is 2.36. The number of fused-ring (bicyclic) bond motifs is 1. The van der Waals surface area contributed by atoms with E-state index in [2.05, 4.69) is 15.4 Å². The van der Waals surface area contributed by atoms with Gasteiger partial charge in [-0.1, -0.05) is 17.7 Å². The average molecular weight is 491 g/mol. The molecular formula is C23H18ClF3N4O3. The number of aromatic nitrogens is 3. The lowest BCUT2D eigenvalue weighted by Crippen LogP contribution is -2.16. The van der Waals surface area contributed by atoms with Crippen LogP contribution in [0.5, 0.6) is 11.5 Å². The summed E-state index contributed by atoms with van der Waals surface area (Å²) in [5.41, 5.74) is -0.115. The Kier molecular flexibility index (Phi) is 6.09. The Morgan fingerprint density at radius 3 is 2.50 bits per heavy atom. The molecule has 176 valence electrons. The van der Waals surface area contributed by atoms with Crippen molar-refractivity contribution in [1.29, 1.82) is 0 Å². The molecule has 0 spiro atoms. The van der Waals surface area contributed by atoms with Crippen LogP contribution in [-0.2, 0) is 6.18 Å². The molecule has 2 heterocycles. The molecule has 0 saturated heterocycles. The number of benzene rings is 2. The van der Waals surface area contributed by atoms with Gasteiger partial charge >= 0.3 is 6.18 Å². The number of hydrogen-bond acceptors (Lipinski definition) is 5. The first-order chi connectivity index (χ1) is 16.1. The largest absolute Gasteiger partial charge is 0.493 e. The first kappa shape index (κ1) is 23.4. The fraction of sp³-hybridized carbons (Fsp3) is 0.174. The van der Waals surface area contributed by atoms with Crippen LogP contribution in [0.15, 0.2) is 48.7 Å². The maximum absolute atomic E-state index is 13.9. The second-order valence-electron chi connectivity index (χ2n) is 7.25. The number of nitrogens with zero attached hydrogens (tertiary/aromatic N) is 3. The Balaban J connectivity index is 1.86. The summed E-state index contributed by atoms with van der Waals surface area (Å²) in [5, 5.41) is 6.88. The second-order valence-corrected chi connectivity index (χ2v) is 7.66. The van der Waals surface area contributed by atoms with Crippen LogP contribution in [0.4, 0.5) is 18.9 Å². The summed E-state index contributed by atoms with van der Waals surface area (Å²) < 4.78 is 52.7. The Morgan fingerprint density at radius 2 is 1.82 bits per heavy atom. The van der Waals surface area contributed by atoms with Crippen LogP contribution in [0.1, 0.15) is 21.6 Å². The number of anilines is 1. The Morgan fingerprint density at radius 1 is 1.09 bits per heavy atom. The molecular weight excluding hydrogens is 473 g/mol. The highest BCUT2D eigenvalue weighted by atomic mass is 35.5. The lowest BCUT2D eigenvalue weighted by molar-refractivity contribution is -0.142. The zero-order valence-electron chi connectivity index (χ0n) is 18.2. The van der Waals surface area contributed by atoms with Crippen LogP contribution in [0, 0.1) is 6.92 Å². The fourth-order valence-corrected chi connectivity index (χ4v) is 3.58. The third-order valence-corrected chi connectivity index (χ3v) is 5.61. The van der Waals surface area contributed by atoms with Crippen LogP contribution in [0.2, 0.25) is 5.02 Å². The van der Waals surface area contributed by atoms with Crippen molar-refractivity contribution in [3.63, 3.8) is 0 Å². The number of carbonyl (C=O) groups is 1. The maximum atomic E-state index is 13.9. The normalized spacial score (nSPS) is 11.5. The summed E-state index contributed by atoms with van der Waals surface area (Å²) >= 11 is 6.10. The molecule has 4 rings (SSSR count). The molecule has 0 atom stereocenters. The van der Waals surface area contributed by atoms with Crippen molar-refractivity contribution in [3.8, 4) is 22.8 Å². The van der Waals surface area contributed by atoms with E-state index in [-0.39, 0.29) is 16.9 Å². The molecule has 0 radical (unpaired) electrons. The van der Waals surface area contributed by atoms with Crippen LogP contribution < -0.4 is 14.8 Å². The number of ether oxygens (including phenoxy) is 2. The molecule has 2 aromatic carbocycles. The molecule has 0 fully saturated rings. The predicted octanol–water partition coefficient (Wildman–Crippen LogP) is 5.65. The zero-order valence-corrected chi connectivity index (χ0v) is 19.0. The third-order valence-electron chi connectivity index (χ3n) is 5.20. The lowest BCUT2D eigenvalue weighted by atomic mass is 10.1. The number of halogens is 4. The van der Waals surface area contributed by atoms with Crippen molar-refractivity contribution in [2.24, 2.45) is 0 Å². The quantitative estimate of drug-likeness (QED) is 0.391. The summed E-state index contributed by atoms with van der Waals surface area (Å²) in [6, 6.07) is 10.4. The minimum atomic E-state index is -4.75. The maximum Gasteiger partial charge on any atom is 0.433 e. The lowest BCUT2D eigenvalue weighted by Gasteiger charge is -2.13. The van der Waals surface area contributed by atoms with Gasteiger partial charge in [0.05, 0.1) is 26.1 Å². The van der Waals surface area contributed by atoms with Crippen molar-refractivity contribution in [2.45, 2.75) is 13.1 Å².